The lowest BCUT2D eigenvalue weighted by Gasteiger charge is -2.25. The summed E-state index contributed by atoms with van der Waals surface area (Å²) < 4.78 is 5.23. The first-order valence-electron chi connectivity index (χ1n) is 6.80. The lowest BCUT2D eigenvalue weighted by Crippen LogP contribution is -2.21. The molecule has 1 aliphatic carbocycles. The SMILES string of the molecule is COc1ccc(C(=O)C2CCCC(C)C2)cc1C. The van der Waals surface area contributed by atoms with Crippen molar-refractivity contribution in [1.82, 2.24) is 0 Å². The number of ether oxygens (including phenoxy) is 1. The normalized spacial score (nSPS) is 23.7. The summed E-state index contributed by atoms with van der Waals surface area (Å²) in [4.78, 5) is 12.5. The van der Waals surface area contributed by atoms with Gasteiger partial charge in [-0.15, -0.1) is 0 Å². The first kappa shape index (κ1) is 13.1. The van der Waals surface area contributed by atoms with Gasteiger partial charge in [0.05, 0.1) is 7.11 Å². The zero-order valence-electron chi connectivity index (χ0n) is 11.5. The number of rotatable bonds is 3. The Morgan fingerprint density at radius 1 is 1.33 bits per heavy atom. The van der Waals surface area contributed by atoms with E-state index in [1.165, 1.54) is 12.8 Å². The lowest BCUT2D eigenvalue weighted by molar-refractivity contribution is 0.0868. The van der Waals surface area contributed by atoms with Crippen LogP contribution in [0.4, 0.5) is 0 Å². The molecule has 1 aliphatic rings. The standard InChI is InChI=1S/C16H22O2/c1-11-5-4-6-13(9-11)16(17)14-7-8-15(18-3)12(2)10-14/h7-8,10-11,13H,4-6,9H2,1-3H3. The molecule has 1 aromatic rings. The van der Waals surface area contributed by atoms with Crippen molar-refractivity contribution < 1.29 is 9.53 Å². The fraction of sp³-hybridized carbons (Fsp3) is 0.562. The van der Waals surface area contributed by atoms with Crippen molar-refractivity contribution >= 4 is 5.78 Å². The van der Waals surface area contributed by atoms with E-state index in [-0.39, 0.29) is 5.92 Å². The van der Waals surface area contributed by atoms with Gasteiger partial charge in [0.15, 0.2) is 5.78 Å². The van der Waals surface area contributed by atoms with Crippen LogP contribution in [0, 0.1) is 18.8 Å². The molecule has 0 heterocycles. The number of Topliss-reactive ketones (excluding diaryl/α,β-unsaturated/α-hetero) is 1. The van der Waals surface area contributed by atoms with E-state index in [1.807, 2.05) is 25.1 Å². The van der Waals surface area contributed by atoms with Gasteiger partial charge in [-0.25, -0.2) is 0 Å². The maximum Gasteiger partial charge on any atom is 0.165 e. The Morgan fingerprint density at radius 3 is 2.72 bits per heavy atom. The van der Waals surface area contributed by atoms with E-state index in [4.69, 9.17) is 4.74 Å². The highest BCUT2D eigenvalue weighted by Crippen LogP contribution is 2.31. The molecule has 1 saturated carbocycles. The average Bonchev–Trinajstić information content (AvgIpc) is 2.37. The summed E-state index contributed by atoms with van der Waals surface area (Å²) in [7, 11) is 1.66. The topological polar surface area (TPSA) is 26.3 Å². The molecule has 1 aromatic carbocycles. The van der Waals surface area contributed by atoms with Crippen LogP contribution in [0.1, 0.15) is 48.5 Å². The highest BCUT2D eigenvalue weighted by molar-refractivity contribution is 5.98. The van der Waals surface area contributed by atoms with Gasteiger partial charge in [0.1, 0.15) is 5.75 Å². The first-order chi connectivity index (χ1) is 8.61. The predicted molar refractivity (Wildman–Crippen MR) is 73.2 cm³/mol. The summed E-state index contributed by atoms with van der Waals surface area (Å²) in [6.45, 7) is 4.23. The Hall–Kier alpha value is -1.31. The molecule has 0 bridgehead atoms. The van der Waals surface area contributed by atoms with Crippen molar-refractivity contribution in [3.05, 3.63) is 29.3 Å². The third-order valence-corrected chi connectivity index (χ3v) is 3.99. The van der Waals surface area contributed by atoms with Gasteiger partial charge in [-0.3, -0.25) is 4.79 Å². The second-order valence-corrected chi connectivity index (χ2v) is 5.52. The Bertz CT molecular complexity index is 437. The molecule has 0 aromatic heterocycles. The highest BCUT2D eigenvalue weighted by atomic mass is 16.5. The van der Waals surface area contributed by atoms with E-state index >= 15 is 0 Å². The molecule has 0 amide bonds. The van der Waals surface area contributed by atoms with E-state index in [1.54, 1.807) is 7.11 Å². The van der Waals surface area contributed by atoms with E-state index in [9.17, 15) is 4.79 Å². The van der Waals surface area contributed by atoms with Gasteiger partial charge in [0, 0.05) is 11.5 Å². The third kappa shape index (κ3) is 2.74. The molecule has 1 fully saturated rings. The molecule has 0 spiro atoms. The molecule has 0 aliphatic heterocycles. The molecule has 98 valence electrons. The minimum absolute atomic E-state index is 0.224. The van der Waals surface area contributed by atoms with Gasteiger partial charge in [0.2, 0.25) is 0 Å². The molecule has 2 nitrogen and oxygen atoms in total. The lowest BCUT2D eigenvalue weighted by atomic mass is 9.78. The largest absolute Gasteiger partial charge is 0.496 e. The minimum Gasteiger partial charge on any atom is -0.496 e. The van der Waals surface area contributed by atoms with Gasteiger partial charge in [-0.1, -0.05) is 19.8 Å². The monoisotopic (exact) mass is 246 g/mol. The fourth-order valence-electron chi connectivity index (χ4n) is 2.94. The van der Waals surface area contributed by atoms with E-state index < -0.39 is 0 Å². The number of carbonyl (C=O) groups excluding carboxylic acids is 1. The summed E-state index contributed by atoms with van der Waals surface area (Å²) in [6.07, 6.45) is 4.55. The number of ketones is 1. The number of hydrogen-bond donors (Lipinski definition) is 0. The van der Waals surface area contributed by atoms with Crippen molar-refractivity contribution in [2.75, 3.05) is 7.11 Å². The zero-order chi connectivity index (χ0) is 13.1. The number of aryl methyl sites for hydroxylation is 1. The van der Waals surface area contributed by atoms with Gasteiger partial charge >= 0.3 is 0 Å². The Morgan fingerprint density at radius 2 is 2.11 bits per heavy atom. The minimum atomic E-state index is 0.224. The molecule has 2 unspecified atom stereocenters. The summed E-state index contributed by atoms with van der Waals surface area (Å²) in [6, 6.07) is 5.75. The van der Waals surface area contributed by atoms with Gasteiger partial charge < -0.3 is 4.74 Å². The number of hydrogen-bond acceptors (Lipinski definition) is 2. The molecule has 0 radical (unpaired) electrons. The maximum absolute atomic E-state index is 12.5. The van der Waals surface area contributed by atoms with E-state index in [0.29, 0.717) is 11.7 Å². The van der Waals surface area contributed by atoms with Crippen molar-refractivity contribution in [3.63, 3.8) is 0 Å². The van der Waals surface area contributed by atoms with Crippen molar-refractivity contribution in [2.24, 2.45) is 11.8 Å². The van der Waals surface area contributed by atoms with Crippen molar-refractivity contribution in [3.8, 4) is 5.75 Å². The average molecular weight is 246 g/mol. The second kappa shape index (κ2) is 5.55. The van der Waals surface area contributed by atoms with Crippen LogP contribution in [-0.2, 0) is 0 Å². The quantitative estimate of drug-likeness (QED) is 0.753. The van der Waals surface area contributed by atoms with E-state index in [0.717, 1.165) is 29.7 Å². The van der Waals surface area contributed by atoms with E-state index in [2.05, 4.69) is 6.92 Å². The van der Waals surface area contributed by atoms with Crippen molar-refractivity contribution in [1.29, 1.82) is 0 Å². The molecular weight excluding hydrogens is 224 g/mol. The Balaban J connectivity index is 2.15. The van der Waals surface area contributed by atoms with Crippen LogP contribution in [0.25, 0.3) is 0 Å². The van der Waals surface area contributed by atoms with Gasteiger partial charge in [-0.05, 0) is 49.4 Å². The first-order valence-corrected chi connectivity index (χ1v) is 6.80. The Kier molecular flexibility index (Phi) is 4.05. The number of methoxy groups -OCH3 is 1. The van der Waals surface area contributed by atoms with Crippen LogP contribution >= 0.6 is 0 Å². The number of benzene rings is 1. The molecule has 18 heavy (non-hydrogen) atoms. The van der Waals surface area contributed by atoms with Gasteiger partial charge in [-0.2, -0.15) is 0 Å². The van der Waals surface area contributed by atoms with Crippen LogP contribution in [0.2, 0.25) is 0 Å². The van der Waals surface area contributed by atoms with Gasteiger partial charge in [0.25, 0.3) is 0 Å². The van der Waals surface area contributed by atoms with Crippen LogP contribution in [-0.4, -0.2) is 12.9 Å². The van der Waals surface area contributed by atoms with Crippen LogP contribution in [0.3, 0.4) is 0 Å². The molecule has 2 atom stereocenters. The van der Waals surface area contributed by atoms with Crippen molar-refractivity contribution in [2.45, 2.75) is 39.5 Å². The fourth-order valence-corrected chi connectivity index (χ4v) is 2.94. The smallest absolute Gasteiger partial charge is 0.165 e. The third-order valence-electron chi connectivity index (χ3n) is 3.99. The summed E-state index contributed by atoms with van der Waals surface area (Å²) >= 11 is 0. The summed E-state index contributed by atoms with van der Waals surface area (Å²) in [5.74, 6) is 2.07. The molecule has 0 saturated heterocycles. The highest BCUT2D eigenvalue weighted by Gasteiger charge is 2.26. The summed E-state index contributed by atoms with van der Waals surface area (Å²) in [5.41, 5.74) is 1.87. The molecule has 2 heteroatoms. The molecular formula is C16H22O2. The zero-order valence-corrected chi connectivity index (χ0v) is 11.5. The molecule has 0 N–H and O–H groups in total. The summed E-state index contributed by atoms with van der Waals surface area (Å²) in [5, 5.41) is 0. The van der Waals surface area contributed by atoms with Crippen LogP contribution in [0.5, 0.6) is 5.75 Å². The number of carbonyl (C=O) groups is 1. The second-order valence-electron chi connectivity index (χ2n) is 5.52. The predicted octanol–water partition coefficient (Wildman–Crippen LogP) is 4.01. The maximum atomic E-state index is 12.5. The van der Waals surface area contributed by atoms with Crippen LogP contribution in [0.15, 0.2) is 18.2 Å². The van der Waals surface area contributed by atoms with Crippen LogP contribution < -0.4 is 4.74 Å². The molecule has 2 rings (SSSR count). The Labute approximate surface area is 109 Å².